The van der Waals surface area contributed by atoms with Crippen molar-refractivity contribution in [3.8, 4) is 5.75 Å². The van der Waals surface area contributed by atoms with Gasteiger partial charge in [-0.2, -0.15) is 0 Å². The lowest BCUT2D eigenvalue weighted by Gasteiger charge is -2.29. The molecular weight excluding hydrogens is 183 g/mol. The van der Waals surface area contributed by atoms with E-state index >= 15 is 0 Å². The highest BCUT2D eigenvalue weighted by Crippen LogP contribution is 2.40. The highest BCUT2D eigenvalue weighted by atomic mass is 16.3. The van der Waals surface area contributed by atoms with Gasteiger partial charge in [0.15, 0.2) is 0 Å². The largest absolute Gasteiger partial charge is 0.508 e. The molecule has 1 N–H and O–H groups in total. The molecule has 15 heavy (non-hydrogen) atoms. The van der Waals surface area contributed by atoms with E-state index in [4.69, 9.17) is 7.85 Å². The van der Waals surface area contributed by atoms with Gasteiger partial charge in [0.05, 0.1) is 7.85 Å². The molecule has 2 heteroatoms. The zero-order valence-corrected chi connectivity index (χ0v) is 9.57. The molecule has 0 spiro atoms. The van der Waals surface area contributed by atoms with Crippen LogP contribution in [-0.4, -0.2) is 13.0 Å². The Balaban J connectivity index is 3.05. The molecule has 0 aromatic heterocycles. The molecule has 1 nitrogen and oxygen atoms in total. The number of hydrogen-bond acceptors (Lipinski definition) is 1. The fourth-order valence-electron chi connectivity index (χ4n) is 1.66. The normalized spacial score (nSPS) is 14.3. The SMILES string of the molecule is [B]C(C)(C)C(/C=C\C)c1ccc(O)cc1. The summed E-state index contributed by atoms with van der Waals surface area (Å²) in [4.78, 5) is 0. The van der Waals surface area contributed by atoms with E-state index in [0.717, 1.165) is 5.56 Å². The Morgan fingerprint density at radius 2 is 1.80 bits per heavy atom. The lowest BCUT2D eigenvalue weighted by Crippen LogP contribution is -2.13. The Labute approximate surface area is 93.2 Å². The monoisotopic (exact) mass is 200 g/mol. The van der Waals surface area contributed by atoms with Gasteiger partial charge in [-0.3, -0.25) is 0 Å². The van der Waals surface area contributed by atoms with E-state index in [2.05, 4.69) is 6.08 Å². The molecule has 0 heterocycles. The number of phenolic OH excluding ortho intramolecular Hbond substituents is 1. The molecule has 1 aromatic carbocycles. The van der Waals surface area contributed by atoms with Crippen molar-refractivity contribution >= 4 is 7.85 Å². The van der Waals surface area contributed by atoms with Gasteiger partial charge in [-0.25, -0.2) is 0 Å². The van der Waals surface area contributed by atoms with Crippen LogP contribution >= 0.6 is 0 Å². The molecule has 2 radical (unpaired) electrons. The third-order valence-corrected chi connectivity index (χ3v) is 2.44. The Morgan fingerprint density at radius 1 is 1.27 bits per heavy atom. The Bertz CT molecular complexity index is 333. The summed E-state index contributed by atoms with van der Waals surface area (Å²) in [5.74, 6) is 0.455. The number of phenols is 1. The lowest BCUT2D eigenvalue weighted by molar-refractivity contribution is 0.474. The summed E-state index contributed by atoms with van der Waals surface area (Å²) in [6, 6.07) is 7.21. The third kappa shape index (κ3) is 3.16. The quantitative estimate of drug-likeness (QED) is 0.585. The molecule has 78 valence electrons. The van der Waals surface area contributed by atoms with E-state index in [1.54, 1.807) is 12.1 Å². The van der Waals surface area contributed by atoms with E-state index in [0.29, 0.717) is 0 Å². The van der Waals surface area contributed by atoms with Gasteiger partial charge in [0.25, 0.3) is 0 Å². The zero-order chi connectivity index (χ0) is 11.5. The van der Waals surface area contributed by atoms with Gasteiger partial charge >= 0.3 is 0 Å². The second-order valence-corrected chi connectivity index (χ2v) is 4.42. The minimum Gasteiger partial charge on any atom is -0.508 e. The Morgan fingerprint density at radius 3 is 2.20 bits per heavy atom. The van der Waals surface area contributed by atoms with Crippen LogP contribution in [0.3, 0.4) is 0 Å². The highest BCUT2D eigenvalue weighted by Gasteiger charge is 2.22. The van der Waals surface area contributed by atoms with Gasteiger partial charge in [-0.15, -0.1) is 0 Å². The van der Waals surface area contributed by atoms with Gasteiger partial charge < -0.3 is 5.11 Å². The second-order valence-electron chi connectivity index (χ2n) is 4.42. The van der Waals surface area contributed by atoms with Crippen molar-refractivity contribution in [2.45, 2.75) is 32.0 Å². The second kappa shape index (κ2) is 4.56. The molecule has 1 atom stereocenters. The molecule has 0 aliphatic heterocycles. The maximum absolute atomic E-state index is 9.22. The number of hydrogen-bond donors (Lipinski definition) is 1. The fourth-order valence-corrected chi connectivity index (χ4v) is 1.66. The molecule has 1 unspecified atom stereocenters. The van der Waals surface area contributed by atoms with Crippen LogP contribution in [0.5, 0.6) is 5.75 Å². The van der Waals surface area contributed by atoms with Crippen LogP contribution in [0.2, 0.25) is 5.31 Å². The van der Waals surface area contributed by atoms with Gasteiger partial charge in [0.1, 0.15) is 5.75 Å². The molecule has 0 fully saturated rings. The molecule has 0 saturated carbocycles. The molecule has 0 amide bonds. The summed E-state index contributed by atoms with van der Waals surface area (Å²) < 4.78 is 0. The first kappa shape index (κ1) is 11.9. The van der Waals surface area contributed by atoms with E-state index in [-0.39, 0.29) is 17.0 Å². The zero-order valence-electron chi connectivity index (χ0n) is 9.57. The minimum absolute atomic E-state index is 0.170. The minimum atomic E-state index is -0.302. The maximum Gasteiger partial charge on any atom is 0.115 e. The first-order valence-corrected chi connectivity index (χ1v) is 5.16. The van der Waals surface area contributed by atoms with Crippen LogP contribution in [0.1, 0.15) is 32.3 Å². The summed E-state index contributed by atoms with van der Waals surface area (Å²) in [5.41, 5.74) is 1.12. The summed E-state index contributed by atoms with van der Waals surface area (Å²) in [6.45, 7) is 5.99. The number of benzene rings is 1. The fraction of sp³-hybridized carbons (Fsp3) is 0.385. The molecule has 0 bridgehead atoms. The molecule has 1 rings (SSSR count). The topological polar surface area (TPSA) is 20.2 Å². The standard InChI is InChI=1S/C13H17BO/c1-4-5-12(13(2,3)14)10-6-8-11(15)9-7-10/h4-9,12,15H,1-3H3/b5-4-. The van der Waals surface area contributed by atoms with Gasteiger partial charge in [0.2, 0.25) is 0 Å². The van der Waals surface area contributed by atoms with Crippen molar-refractivity contribution in [3.05, 3.63) is 42.0 Å². The summed E-state index contributed by atoms with van der Waals surface area (Å²) in [6.07, 6.45) is 4.10. The van der Waals surface area contributed by atoms with Crippen molar-refractivity contribution in [3.63, 3.8) is 0 Å². The first-order chi connectivity index (χ1) is 6.95. The lowest BCUT2D eigenvalue weighted by atomic mass is 9.61. The Hall–Kier alpha value is -1.18. The molecular formula is C13H17BO. The van der Waals surface area contributed by atoms with Gasteiger partial charge in [-0.1, -0.05) is 43.4 Å². The van der Waals surface area contributed by atoms with Crippen LogP contribution in [0.25, 0.3) is 0 Å². The van der Waals surface area contributed by atoms with Crippen LogP contribution in [0.15, 0.2) is 36.4 Å². The predicted molar refractivity (Wildman–Crippen MR) is 65.5 cm³/mol. The number of allylic oxidation sites excluding steroid dienone is 2. The first-order valence-electron chi connectivity index (χ1n) is 5.16. The summed E-state index contributed by atoms with van der Waals surface area (Å²) >= 11 is 0. The van der Waals surface area contributed by atoms with Crippen LogP contribution in [0.4, 0.5) is 0 Å². The van der Waals surface area contributed by atoms with Crippen molar-refractivity contribution in [1.29, 1.82) is 0 Å². The molecule has 1 aromatic rings. The van der Waals surface area contributed by atoms with Crippen molar-refractivity contribution < 1.29 is 5.11 Å². The van der Waals surface area contributed by atoms with Crippen LogP contribution in [0, 0.1) is 0 Å². The molecule has 0 aliphatic carbocycles. The smallest absolute Gasteiger partial charge is 0.115 e. The van der Waals surface area contributed by atoms with Crippen molar-refractivity contribution in [2.24, 2.45) is 0 Å². The molecule has 0 aliphatic rings. The highest BCUT2D eigenvalue weighted by molar-refractivity contribution is 6.15. The van der Waals surface area contributed by atoms with Crippen LogP contribution < -0.4 is 0 Å². The summed E-state index contributed by atoms with van der Waals surface area (Å²) in [7, 11) is 6.12. The van der Waals surface area contributed by atoms with Crippen molar-refractivity contribution in [2.75, 3.05) is 0 Å². The van der Waals surface area contributed by atoms with E-state index in [1.807, 2.05) is 39.0 Å². The summed E-state index contributed by atoms with van der Waals surface area (Å²) in [5, 5.41) is 8.92. The molecule has 0 saturated heterocycles. The number of aromatic hydroxyl groups is 1. The van der Waals surface area contributed by atoms with E-state index in [1.165, 1.54) is 0 Å². The van der Waals surface area contributed by atoms with Crippen LogP contribution in [-0.2, 0) is 0 Å². The Kier molecular flexibility index (Phi) is 3.62. The van der Waals surface area contributed by atoms with Gasteiger partial charge in [0, 0.05) is 0 Å². The predicted octanol–water partition coefficient (Wildman–Crippen LogP) is 3.42. The van der Waals surface area contributed by atoms with Crippen molar-refractivity contribution in [1.82, 2.24) is 0 Å². The third-order valence-electron chi connectivity index (χ3n) is 2.44. The average molecular weight is 200 g/mol. The average Bonchev–Trinajstić information content (AvgIpc) is 2.14. The van der Waals surface area contributed by atoms with Gasteiger partial charge in [-0.05, 0) is 30.5 Å². The number of rotatable bonds is 3. The van der Waals surface area contributed by atoms with E-state index < -0.39 is 0 Å². The maximum atomic E-state index is 9.22. The van der Waals surface area contributed by atoms with E-state index in [9.17, 15) is 5.11 Å².